The maximum absolute atomic E-state index is 2.31. The fourth-order valence-corrected chi connectivity index (χ4v) is 7.02. The zero-order valence-electron chi connectivity index (χ0n) is 27.4. The average molecular weight is 617 g/mol. The van der Waals surface area contributed by atoms with E-state index in [0.717, 1.165) is 12.8 Å². The molecule has 0 aliphatic heterocycles. The van der Waals surface area contributed by atoms with Crippen molar-refractivity contribution in [2.75, 3.05) is 0 Å². The second-order valence-electron chi connectivity index (χ2n) is 13.2. The Labute approximate surface area is 285 Å². The molecule has 0 fully saturated rings. The predicted molar refractivity (Wildman–Crippen MR) is 205 cm³/mol. The van der Waals surface area contributed by atoms with Crippen molar-refractivity contribution in [2.24, 2.45) is 0 Å². The van der Waals surface area contributed by atoms with Crippen molar-refractivity contribution in [1.29, 1.82) is 0 Å². The topological polar surface area (TPSA) is 0 Å². The van der Waals surface area contributed by atoms with Gasteiger partial charge in [0.2, 0.25) is 0 Å². The van der Waals surface area contributed by atoms with Crippen molar-refractivity contribution < 1.29 is 0 Å². The fourth-order valence-electron chi connectivity index (χ4n) is 7.02. The van der Waals surface area contributed by atoms with Crippen LogP contribution in [0.4, 0.5) is 0 Å². The Hall–Kier alpha value is -5.46. The highest BCUT2D eigenvalue weighted by molar-refractivity contribution is 5.77. The summed E-state index contributed by atoms with van der Waals surface area (Å²) in [7, 11) is 0. The van der Waals surface area contributed by atoms with E-state index in [-0.39, 0.29) is 0 Å². The Morgan fingerprint density at radius 2 is 0.312 bits per heavy atom. The molecule has 13 aliphatic carbocycles. The molecular weight excluding hydrogens is 577 g/mol. The molecule has 0 aromatic heterocycles. The molecule has 7 aromatic rings. The highest BCUT2D eigenvalue weighted by Gasteiger charge is 2.06. The standard InChI is InChI=1S/C48H40/c1-2-4-6-36-9-13-38(14-10-36)40-17-21-42(22-18-40)44-25-29-46(30-26-44)48-33-31-47(32-34-48)45-27-23-43(24-28-45)41-19-15-39(16-20-41)37-11-7-35(5-3-1)8-12-37/h7-34H,1-6H2. The first-order valence-corrected chi connectivity index (χ1v) is 17.5. The van der Waals surface area contributed by atoms with Crippen LogP contribution in [0, 0.1) is 0 Å². The molecule has 0 heteroatoms. The van der Waals surface area contributed by atoms with Crippen molar-refractivity contribution in [2.45, 2.75) is 38.5 Å². The van der Waals surface area contributed by atoms with Crippen LogP contribution in [-0.2, 0) is 12.8 Å². The molecule has 48 heavy (non-hydrogen) atoms. The van der Waals surface area contributed by atoms with Gasteiger partial charge in [0.25, 0.3) is 0 Å². The van der Waals surface area contributed by atoms with E-state index in [4.69, 9.17) is 0 Å². The summed E-state index contributed by atoms with van der Waals surface area (Å²) in [4.78, 5) is 0. The smallest absolute Gasteiger partial charge is 0.0184 e. The second-order valence-corrected chi connectivity index (χ2v) is 13.2. The van der Waals surface area contributed by atoms with E-state index in [2.05, 4.69) is 170 Å². The number of hydrogen-bond donors (Lipinski definition) is 0. The molecule has 0 nitrogen and oxygen atoms in total. The van der Waals surface area contributed by atoms with Gasteiger partial charge in [-0.1, -0.05) is 183 Å². The molecule has 0 spiro atoms. The first-order chi connectivity index (χ1) is 23.7. The number of hydrogen-bond acceptors (Lipinski definition) is 0. The van der Waals surface area contributed by atoms with E-state index in [1.807, 2.05) is 0 Å². The molecule has 232 valence electrons. The first kappa shape index (κ1) is 29.9. The molecule has 0 N–H and O–H groups in total. The summed E-state index contributed by atoms with van der Waals surface area (Å²) in [6, 6.07) is 63.1. The van der Waals surface area contributed by atoms with Crippen LogP contribution < -0.4 is 0 Å². The largest absolute Gasteiger partial charge is 0.0584 e. The zero-order valence-corrected chi connectivity index (χ0v) is 27.4. The second kappa shape index (κ2) is 13.7. The van der Waals surface area contributed by atoms with Crippen LogP contribution >= 0.6 is 0 Å². The van der Waals surface area contributed by atoms with Crippen LogP contribution in [0.5, 0.6) is 0 Å². The predicted octanol–water partition coefficient (Wildman–Crippen LogP) is 13.3. The van der Waals surface area contributed by atoms with Crippen molar-refractivity contribution in [3.63, 3.8) is 0 Å². The molecule has 0 amide bonds. The first-order valence-electron chi connectivity index (χ1n) is 17.5. The van der Waals surface area contributed by atoms with Gasteiger partial charge in [-0.2, -0.15) is 0 Å². The van der Waals surface area contributed by atoms with E-state index >= 15 is 0 Å². The van der Waals surface area contributed by atoms with E-state index in [1.165, 1.54) is 104 Å². The highest BCUT2D eigenvalue weighted by atomic mass is 14.1. The van der Waals surface area contributed by atoms with Gasteiger partial charge < -0.3 is 0 Å². The van der Waals surface area contributed by atoms with Gasteiger partial charge in [-0.05, 0) is 104 Å². The minimum absolute atomic E-state index is 1.15. The van der Waals surface area contributed by atoms with E-state index in [1.54, 1.807) is 0 Å². The molecule has 0 saturated carbocycles. The molecule has 0 saturated heterocycles. The van der Waals surface area contributed by atoms with Crippen LogP contribution in [0.3, 0.4) is 0 Å². The van der Waals surface area contributed by atoms with Crippen LogP contribution in [0.25, 0.3) is 66.8 Å². The van der Waals surface area contributed by atoms with Crippen LogP contribution in [0.1, 0.15) is 36.8 Å². The van der Waals surface area contributed by atoms with E-state index in [9.17, 15) is 0 Å². The summed E-state index contributed by atoms with van der Waals surface area (Å²) >= 11 is 0. The Balaban J connectivity index is 1.05. The third-order valence-corrected chi connectivity index (χ3v) is 10.0. The summed E-state index contributed by atoms with van der Waals surface area (Å²) in [5.74, 6) is 0. The Morgan fingerprint density at radius 3 is 0.479 bits per heavy atom. The molecule has 7 aromatic carbocycles. The molecule has 0 radical (unpaired) electrons. The fraction of sp³-hybridized carbons (Fsp3) is 0.125. The summed E-state index contributed by atoms with van der Waals surface area (Å²) in [5.41, 5.74) is 17.8. The SMILES string of the molecule is c1cc2ccc1CCCCCCc1ccc(cc1)-c1ccc(cc1)-c1ccc(cc1)-c1ccc(cc1)-c1ccc(cc1)-c1ccc-2cc1. The Bertz CT molecular complexity index is 1920. The van der Waals surface area contributed by atoms with Gasteiger partial charge >= 0.3 is 0 Å². The molecule has 20 rings (SSSR count). The molecule has 0 atom stereocenters. The van der Waals surface area contributed by atoms with Crippen molar-refractivity contribution >= 4 is 0 Å². The molecule has 14 bridgehead atoms. The van der Waals surface area contributed by atoms with Gasteiger partial charge in [0.1, 0.15) is 0 Å². The summed E-state index contributed by atoms with van der Waals surface area (Å²) in [6.07, 6.45) is 7.36. The van der Waals surface area contributed by atoms with Gasteiger partial charge in [-0.25, -0.2) is 0 Å². The van der Waals surface area contributed by atoms with Crippen molar-refractivity contribution in [3.8, 4) is 66.8 Å². The van der Waals surface area contributed by atoms with Gasteiger partial charge in [0, 0.05) is 0 Å². The molecular formula is C48H40. The Kier molecular flexibility index (Phi) is 8.55. The minimum Gasteiger partial charge on any atom is -0.0584 e. The average Bonchev–Trinajstić information content (AvgIpc) is 3.17. The molecule has 0 heterocycles. The number of fused-ring (bicyclic) bond motifs is 1. The summed E-state index contributed by atoms with van der Waals surface area (Å²) in [5, 5.41) is 0. The third kappa shape index (κ3) is 6.66. The summed E-state index contributed by atoms with van der Waals surface area (Å²) < 4.78 is 0. The molecule has 0 unspecified atom stereocenters. The van der Waals surface area contributed by atoms with E-state index < -0.39 is 0 Å². The lowest BCUT2D eigenvalue weighted by Crippen LogP contribution is -1.89. The highest BCUT2D eigenvalue weighted by Crippen LogP contribution is 2.31. The minimum atomic E-state index is 1.15. The lowest BCUT2D eigenvalue weighted by Gasteiger charge is -2.10. The van der Waals surface area contributed by atoms with Gasteiger partial charge in [-0.15, -0.1) is 0 Å². The maximum atomic E-state index is 2.31. The zero-order chi connectivity index (χ0) is 32.1. The van der Waals surface area contributed by atoms with E-state index in [0.29, 0.717) is 0 Å². The monoisotopic (exact) mass is 616 g/mol. The van der Waals surface area contributed by atoms with Crippen LogP contribution in [0.15, 0.2) is 170 Å². The van der Waals surface area contributed by atoms with Crippen LogP contribution in [-0.4, -0.2) is 0 Å². The third-order valence-electron chi connectivity index (χ3n) is 10.0. The van der Waals surface area contributed by atoms with Gasteiger partial charge in [0.15, 0.2) is 0 Å². The van der Waals surface area contributed by atoms with Crippen molar-refractivity contribution in [3.05, 3.63) is 181 Å². The normalized spacial score (nSPS) is 12.9. The number of benzene rings is 7. The quantitative estimate of drug-likeness (QED) is 0.159. The van der Waals surface area contributed by atoms with Gasteiger partial charge in [-0.3, -0.25) is 0 Å². The Morgan fingerprint density at radius 1 is 0.167 bits per heavy atom. The van der Waals surface area contributed by atoms with Crippen molar-refractivity contribution in [1.82, 2.24) is 0 Å². The van der Waals surface area contributed by atoms with Crippen LogP contribution in [0.2, 0.25) is 0 Å². The lowest BCUT2D eigenvalue weighted by molar-refractivity contribution is 0.640. The number of aryl methyl sites for hydroxylation is 2. The van der Waals surface area contributed by atoms with Gasteiger partial charge in [0.05, 0.1) is 0 Å². The lowest BCUT2D eigenvalue weighted by atomic mass is 9.95. The number of rotatable bonds is 0. The maximum Gasteiger partial charge on any atom is -0.0184 e. The molecule has 13 aliphatic rings. The summed E-state index contributed by atoms with van der Waals surface area (Å²) in [6.45, 7) is 0.